The lowest BCUT2D eigenvalue weighted by Crippen LogP contribution is -2.23. The molecular formula is C20H21FN2O. The zero-order valence-electron chi connectivity index (χ0n) is 14.0. The smallest absolute Gasteiger partial charge is 0.226 e. The van der Waals surface area contributed by atoms with Crippen LogP contribution in [0, 0.1) is 12.7 Å². The third-order valence-electron chi connectivity index (χ3n) is 4.03. The molecule has 0 bridgehead atoms. The van der Waals surface area contributed by atoms with E-state index in [1.807, 2.05) is 43.3 Å². The van der Waals surface area contributed by atoms with Crippen LogP contribution in [0.5, 0.6) is 0 Å². The largest absolute Gasteiger partial charge is 0.441 e. The Kier molecular flexibility index (Phi) is 5.06. The Labute approximate surface area is 141 Å². The minimum Gasteiger partial charge on any atom is -0.441 e. The van der Waals surface area contributed by atoms with Gasteiger partial charge in [0.15, 0.2) is 0 Å². The minimum atomic E-state index is -0.201. The topological polar surface area (TPSA) is 29.3 Å². The first-order chi connectivity index (χ1) is 11.7. The summed E-state index contributed by atoms with van der Waals surface area (Å²) in [6, 6.07) is 16.6. The molecule has 3 rings (SSSR count). The lowest BCUT2D eigenvalue weighted by atomic mass is 10.2. The maximum Gasteiger partial charge on any atom is 0.226 e. The van der Waals surface area contributed by atoms with Crippen molar-refractivity contribution in [2.75, 3.05) is 6.54 Å². The van der Waals surface area contributed by atoms with E-state index in [1.54, 1.807) is 12.1 Å². The van der Waals surface area contributed by atoms with E-state index in [1.165, 1.54) is 6.07 Å². The van der Waals surface area contributed by atoms with Crippen molar-refractivity contribution in [1.29, 1.82) is 0 Å². The van der Waals surface area contributed by atoms with Gasteiger partial charge in [0, 0.05) is 18.7 Å². The molecule has 0 atom stereocenters. The molecule has 1 heterocycles. The predicted octanol–water partition coefficient (Wildman–Crippen LogP) is 4.81. The number of nitrogens with zero attached hydrogens (tertiary/aromatic N) is 2. The van der Waals surface area contributed by atoms with Crippen LogP contribution in [-0.2, 0) is 13.1 Å². The van der Waals surface area contributed by atoms with Crippen LogP contribution in [0.2, 0.25) is 0 Å². The molecule has 124 valence electrons. The second-order valence-corrected chi connectivity index (χ2v) is 5.82. The van der Waals surface area contributed by atoms with Gasteiger partial charge < -0.3 is 4.42 Å². The highest BCUT2D eigenvalue weighted by Crippen LogP contribution is 2.22. The fourth-order valence-corrected chi connectivity index (χ4v) is 2.66. The SMILES string of the molecule is CCN(Cc1cccc(F)c1)Cc1nc(-c2ccccc2)oc1C. The second kappa shape index (κ2) is 7.41. The maximum absolute atomic E-state index is 13.4. The van der Waals surface area contributed by atoms with E-state index in [9.17, 15) is 4.39 Å². The van der Waals surface area contributed by atoms with Gasteiger partial charge >= 0.3 is 0 Å². The molecule has 0 aliphatic rings. The molecule has 3 nitrogen and oxygen atoms in total. The molecule has 0 fully saturated rings. The van der Waals surface area contributed by atoms with Crippen LogP contribution in [0.4, 0.5) is 4.39 Å². The highest BCUT2D eigenvalue weighted by molar-refractivity contribution is 5.53. The number of hydrogen-bond donors (Lipinski definition) is 0. The molecule has 0 amide bonds. The van der Waals surface area contributed by atoms with E-state index < -0.39 is 0 Å². The van der Waals surface area contributed by atoms with Crippen molar-refractivity contribution < 1.29 is 8.81 Å². The van der Waals surface area contributed by atoms with Crippen LogP contribution >= 0.6 is 0 Å². The molecule has 3 aromatic rings. The third kappa shape index (κ3) is 3.89. The molecule has 0 saturated heterocycles. The number of hydrogen-bond acceptors (Lipinski definition) is 3. The summed E-state index contributed by atoms with van der Waals surface area (Å²) in [5.74, 6) is 1.27. The molecule has 0 unspecified atom stereocenters. The molecule has 1 aromatic heterocycles. The van der Waals surface area contributed by atoms with Gasteiger partial charge in [-0.15, -0.1) is 0 Å². The van der Waals surface area contributed by atoms with Gasteiger partial charge in [-0.2, -0.15) is 0 Å². The fraction of sp³-hybridized carbons (Fsp3) is 0.250. The molecule has 2 aromatic carbocycles. The van der Waals surface area contributed by atoms with Crippen molar-refractivity contribution in [2.45, 2.75) is 26.9 Å². The Bertz CT molecular complexity index is 798. The minimum absolute atomic E-state index is 0.201. The van der Waals surface area contributed by atoms with Crippen LogP contribution in [0.3, 0.4) is 0 Å². The zero-order valence-corrected chi connectivity index (χ0v) is 14.0. The molecule has 0 saturated carbocycles. The Balaban J connectivity index is 1.75. The van der Waals surface area contributed by atoms with Crippen molar-refractivity contribution in [2.24, 2.45) is 0 Å². The first kappa shape index (κ1) is 16.4. The van der Waals surface area contributed by atoms with Gasteiger partial charge in [-0.25, -0.2) is 9.37 Å². The van der Waals surface area contributed by atoms with Gasteiger partial charge in [-0.1, -0.05) is 37.3 Å². The van der Waals surface area contributed by atoms with Gasteiger partial charge in [-0.3, -0.25) is 4.90 Å². The number of rotatable bonds is 6. The van der Waals surface area contributed by atoms with E-state index in [2.05, 4.69) is 16.8 Å². The number of aryl methyl sites for hydroxylation is 1. The highest BCUT2D eigenvalue weighted by atomic mass is 19.1. The molecule has 0 aliphatic carbocycles. The molecule has 0 N–H and O–H groups in total. The lowest BCUT2D eigenvalue weighted by Gasteiger charge is -2.19. The fourth-order valence-electron chi connectivity index (χ4n) is 2.66. The predicted molar refractivity (Wildman–Crippen MR) is 92.9 cm³/mol. The summed E-state index contributed by atoms with van der Waals surface area (Å²) in [6.07, 6.45) is 0. The van der Waals surface area contributed by atoms with Crippen LogP contribution in [0.15, 0.2) is 59.0 Å². The highest BCUT2D eigenvalue weighted by Gasteiger charge is 2.14. The summed E-state index contributed by atoms with van der Waals surface area (Å²) in [7, 11) is 0. The van der Waals surface area contributed by atoms with Gasteiger partial charge in [-0.05, 0) is 43.3 Å². The molecule has 0 spiro atoms. The van der Waals surface area contributed by atoms with Crippen LogP contribution in [0.25, 0.3) is 11.5 Å². The summed E-state index contributed by atoms with van der Waals surface area (Å²) in [4.78, 5) is 6.86. The van der Waals surface area contributed by atoms with E-state index in [-0.39, 0.29) is 5.82 Å². The number of aromatic nitrogens is 1. The number of benzene rings is 2. The number of oxazole rings is 1. The van der Waals surface area contributed by atoms with Gasteiger partial charge in [0.2, 0.25) is 5.89 Å². The summed E-state index contributed by atoms with van der Waals surface area (Å²) in [6.45, 7) is 6.23. The summed E-state index contributed by atoms with van der Waals surface area (Å²) in [5, 5.41) is 0. The first-order valence-electron chi connectivity index (χ1n) is 8.14. The molecule has 0 aliphatic heterocycles. The molecule has 24 heavy (non-hydrogen) atoms. The van der Waals surface area contributed by atoms with Crippen molar-refractivity contribution in [3.8, 4) is 11.5 Å². The van der Waals surface area contributed by atoms with Crippen LogP contribution < -0.4 is 0 Å². The Morgan fingerprint density at radius 3 is 2.54 bits per heavy atom. The Morgan fingerprint density at radius 2 is 1.83 bits per heavy atom. The Hall–Kier alpha value is -2.46. The Morgan fingerprint density at radius 1 is 1.04 bits per heavy atom. The lowest BCUT2D eigenvalue weighted by molar-refractivity contribution is 0.266. The molecular weight excluding hydrogens is 303 g/mol. The maximum atomic E-state index is 13.4. The van der Waals surface area contributed by atoms with Crippen LogP contribution in [-0.4, -0.2) is 16.4 Å². The zero-order chi connectivity index (χ0) is 16.9. The van der Waals surface area contributed by atoms with Crippen molar-refractivity contribution in [3.05, 3.63) is 77.4 Å². The monoisotopic (exact) mass is 324 g/mol. The second-order valence-electron chi connectivity index (χ2n) is 5.82. The quantitative estimate of drug-likeness (QED) is 0.651. The van der Waals surface area contributed by atoms with Crippen LogP contribution in [0.1, 0.15) is 23.9 Å². The van der Waals surface area contributed by atoms with Gasteiger partial charge in [0.05, 0.1) is 5.69 Å². The number of halogens is 1. The van der Waals surface area contributed by atoms with Crippen molar-refractivity contribution in [3.63, 3.8) is 0 Å². The first-order valence-corrected chi connectivity index (χ1v) is 8.14. The average molecular weight is 324 g/mol. The summed E-state index contributed by atoms with van der Waals surface area (Å²) in [5.41, 5.74) is 2.86. The third-order valence-corrected chi connectivity index (χ3v) is 4.03. The van der Waals surface area contributed by atoms with E-state index >= 15 is 0 Å². The van der Waals surface area contributed by atoms with Gasteiger partial charge in [0.1, 0.15) is 11.6 Å². The van der Waals surface area contributed by atoms with Gasteiger partial charge in [0.25, 0.3) is 0 Å². The summed E-state index contributed by atoms with van der Waals surface area (Å²) < 4.78 is 19.2. The average Bonchev–Trinajstić information content (AvgIpc) is 2.96. The molecule has 4 heteroatoms. The van der Waals surface area contributed by atoms with E-state index in [0.717, 1.165) is 29.1 Å². The summed E-state index contributed by atoms with van der Waals surface area (Å²) >= 11 is 0. The standard InChI is InChI=1S/C20H21FN2O/c1-3-23(13-16-8-7-11-18(21)12-16)14-19-15(2)24-20(22-19)17-9-5-4-6-10-17/h4-12H,3,13-14H2,1-2H3. The van der Waals surface area contributed by atoms with Crippen molar-refractivity contribution >= 4 is 0 Å². The van der Waals surface area contributed by atoms with E-state index in [4.69, 9.17) is 4.42 Å². The molecule has 0 radical (unpaired) electrons. The van der Waals surface area contributed by atoms with Crippen molar-refractivity contribution in [1.82, 2.24) is 9.88 Å². The van der Waals surface area contributed by atoms with E-state index in [0.29, 0.717) is 19.0 Å². The normalized spacial score (nSPS) is 11.2.